The highest BCUT2D eigenvalue weighted by Gasteiger charge is 2.30. The Morgan fingerprint density at radius 3 is 2.67 bits per heavy atom. The topological polar surface area (TPSA) is 76.5 Å². The van der Waals surface area contributed by atoms with Gasteiger partial charge in [-0.1, -0.05) is 6.07 Å². The fraction of sp³-hybridized carbons (Fsp3) is 0.222. The van der Waals surface area contributed by atoms with E-state index in [1.165, 1.54) is 17.0 Å². The summed E-state index contributed by atoms with van der Waals surface area (Å²) in [4.78, 5) is 12.6. The molecule has 3 rings (SSSR count). The monoisotopic (exact) mass is 373 g/mol. The highest BCUT2D eigenvalue weighted by atomic mass is 19.4. The first kappa shape index (κ1) is 18.4. The number of rotatable bonds is 4. The first-order chi connectivity index (χ1) is 12.7. The van der Waals surface area contributed by atoms with Gasteiger partial charge in [0, 0.05) is 22.6 Å². The summed E-state index contributed by atoms with van der Waals surface area (Å²) in [7, 11) is 0. The summed E-state index contributed by atoms with van der Waals surface area (Å²) < 4.78 is 41.9. The van der Waals surface area contributed by atoms with Crippen LogP contribution < -0.4 is 0 Å². The molecule has 0 spiro atoms. The lowest BCUT2D eigenvalue weighted by molar-refractivity contribution is -0.137. The largest absolute Gasteiger partial charge is 0.416 e. The number of hydrogen-bond donors (Lipinski definition) is 0. The van der Waals surface area contributed by atoms with Crippen molar-refractivity contribution in [1.82, 2.24) is 19.3 Å². The SMILES string of the molecule is Cc1cc(C(=O)Cn2cnnc2C#N)c(C)n1-c1cccc(C(F)(F)F)c1. The van der Waals surface area contributed by atoms with Crippen molar-refractivity contribution in [2.45, 2.75) is 26.6 Å². The highest BCUT2D eigenvalue weighted by Crippen LogP contribution is 2.31. The Bertz CT molecular complexity index is 1060. The third-order valence-electron chi connectivity index (χ3n) is 4.19. The van der Waals surface area contributed by atoms with Crippen LogP contribution in [0.25, 0.3) is 5.69 Å². The molecule has 0 unspecified atom stereocenters. The summed E-state index contributed by atoms with van der Waals surface area (Å²) >= 11 is 0. The molecule has 0 saturated heterocycles. The van der Waals surface area contributed by atoms with Gasteiger partial charge in [-0.2, -0.15) is 18.4 Å². The molecular weight excluding hydrogens is 359 g/mol. The van der Waals surface area contributed by atoms with Crippen molar-refractivity contribution in [3.63, 3.8) is 0 Å². The average molecular weight is 373 g/mol. The molecular formula is C18H14F3N5O. The van der Waals surface area contributed by atoms with E-state index in [1.807, 2.05) is 6.07 Å². The summed E-state index contributed by atoms with van der Waals surface area (Å²) in [6.45, 7) is 3.24. The molecule has 0 bridgehead atoms. The van der Waals surface area contributed by atoms with Crippen molar-refractivity contribution >= 4 is 5.78 Å². The molecule has 0 aliphatic heterocycles. The van der Waals surface area contributed by atoms with Gasteiger partial charge in [-0.3, -0.25) is 9.36 Å². The Morgan fingerprint density at radius 2 is 2.00 bits per heavy atom. The molecule has 2 heterocycles. The van der Waals surface area contributed by atoms with Crippen molar-refractivity contribution < 1.29 is 18.0 Å². The van der Waals surface area contributed by atoms with Crippen LogP contribution in [0.5, 0.6) is 0 Å². The number of nitrogens with zero attached hydrogens (tertiary/aromatic N) is 5. The lowest BCUT2D eigenvalue weighted by atomic mass is 10.1. The van der Waals surface area contributed by atoms with Gasteiger partial charge in [0.05, 0.1) is 12.1 Å². The van der Waals surface area contributed by atoms with Gasteiger partial charge in [-0.05, 0) is 38.1 Å². The van der Waals surface area contributed by atoms with Crippen LogP contribution in [-0.2, 0) is 12.7 Å². The Labute approximate surface area is 152 Å². The quantitative estimate of drug-likeness (QED) is 0.657. The smallest absolute Gasteiger partial charge is 0.318 e. The van der Waals surface area contributed by atoms with Crippen molar-refractivity contribution in [1.29, 1.82) is 5.26 Å². The van der Waals surface area contributed by atoms with Crippen molar-refractivity contribution in [3.05, 3.63) is 65.0 Å². The standard InChI is InChI=1S/C18H14F3N5O/c1-11-6-15(16(27)9-25-10-23-24-17(25)8-22)12(2)26(11)14-5-3-4-13(7-14)18(19,20)21/h3-7,10H,9H2,1-2H3. The molecule has 6 nitrogen and oxygen atoms in total. The van der Waals surface area contributed by atoms with Gasteiger partial charge < -0.3 is 4.57 Å². The molecule has 0 aliphatic carbocycles. The first-order valence-corrected chi connectivity index (χ1v) is 7.90. The lowest BCUT2D eigenvalue weighted by Gasteiger charge is -2.13. The van der Waals surface area contributed by atoms with Crippen LogP contribution in [0.15, 0.2) is 36.7 Å². The Balaban J connectivity index is 1.98. The van der Waals surface area contributed by atoms with Gasteiger partial charge >= 0.3 is 6.18 Å². The van der Waals surface area contributed by atoms with Gasteiger partial charge in [0.1, 0.15) is 12.4 Å². The second-order valence-corrected chi connectivity index (χ2v) is 5.99. The number of benzene rings is 1. The molecule has 1 aromatic carbocycles. The second-order valence-electron chi connectivity index (χ2n) is 5.99. The first-order valence-electron chi connectivity index (χ1n) is 7.90. The van der Waals surface area contributed by atoms with Gasteiger partial charge in [0.15, 0.2) is 5.78 Å². The molecule has 0 radical (unpaired) electrons. The number of aryl methyl sites for hydroxylation is 1. The number of ketones is 1. The minimum absolute atomic E-state index is 0.00929. The zero-order chi connectivity index (χ0) is 19.8. The zero-order valence-corrected chi connectivity index (χ0v) is 14.4. The fourth-order valence-corrected chi connectivity index (χ4v) is 2.96. The number of carbonyl (C=O) groups excluding carboxylic acids is 1. The van der Waals surface area contributed by atoms with Crippen molar-refractivity contribution in [2.75, 3.05) is 0 Å². The summed E-state index contributed by atoms with van der Waals surface area (Å²) in [6, 6.07) is 8.38. The maximum atomic E-state index is 13.0. The number of alkyl halides is 3. The van der Waals surface area contributed by atoms with E-state index in [2.05, 4.69) is 10.2 Å². The number of hydrogen-bond acceptors (Lipinski definition) is 4. The average Bonchev–Trinajstić information content (AvgIpc) is 3.17. The zero-order valence-electron chi connectivity index (χ0n) is 14.4. The molecule has 3 aromatic rings. The minimum Gasteiger partial charge on any atom is -0.318 e. The van der Waals surface area contributed by atoms with E-state index in [0.29, 0.717) is 22.6 Å². The summed E-state index contributed by atoms with van der Waals surface area (Å²) in [5.74, 6) is -0.285. The molecule has 0 amide bonds. The number of carbonyl (C=O) groups is 1. The third kappa shape index (κ3) is 3.46. The van der Waals surface area contributed by atoms with Crippen LogP contribution in [0.4, 0.5) is 13.2 Å². The maximum absolute atomic E-state index is 13.0. The predicted octanol–water partition coefficient (Wildman–Crippen LogP) is 3.46. The minimum atomic E-state index is -4.45. The van der Waals surface area contributed by atoms with Crippen molar-refractivity contribution in [3.8, 4) is 11.8 Å². The van der Waals surface area contributed by atoms with Crippen LogP contribution in [0.2, 0.25) is 0 Å². The molecule has 27 heavy (non-hydrogen) atoms. The van der Waals surface area contributed by atoms with Gasteiger partial charge in [0.2, 0.25) is 5.82 Å². The number of halogens is 3. The highest BCUT2D eigenvalue weighted by molar-refractivity contribution is 5.97. The Kier molecular flexibility index (Phi) is 4.57. The Hall–Kier alpha value is -3.41. The molecule has 0 aliphatic rings. The van der Waals surface area contributed by atoms with Crippen LogP contribution in [-0.4, -0.2) is 25.1 Å². The fourth-order valence-electron chi connectivity index (χ4n) is 2.96. The lowest BCUT2D eigenvalue weighted by Crippen LogP contribution is -2.12. The van der Waals surface area contributed by atoms with Crippen LogP contribution in [0.3, 0.4) is 0 Å². The van der Waals surface area contributed by atoms with Gasteiger partial charge in [-0.25, -0.2) is 0 Å². The molecule has 138 valence electrons. The van der Waals surface area contributed by atoms with Crippen LogP contribution in [0, 0.1) is 25.2 Å². The van der Waals surface area contributed by atoms with Gasteiger partial charge in [0.25, 0.3) is 0 Å². The van der Waals surface area contributed by atoms with E-state index in [0.717, 1.165) is 12.1 Å². The molecule has 0 fully saturated rings. The third-order valence-corrected chi connectivity index (χ3v) is 4.19. The van der Waals surface area contributed by atoms with E-state index in [4.69, 9.17) is 5.26 Å². The summed E-state index contributed by atoms with van der Waals surface area (Å²) in [6.07, 6.45) is -3.17. The molecule has 0 N–H and O–H groups in total. The molecule has 0 saturated carbocycles. The molecule has 9 heteroatoms. The van der Waals surface area contributed by atoms with E-state index in [1.54, 1.807) is 30.5 Å². The molecule has 2 aromatic heterocycles. The van der Waals surface area contributed by atoms with Crippen molar-refractivity contribution in [2.24, 2.45) is 0 Å². The van der Waals surface area contributed by atoms with E-state index < -0.39 is 11.7 Å². The van der Waals surface area contributed by atoms with Crippen LogP contribution >= 0.6 is 0 Å². The Morgan fingerprint density at radius 1 is 1.26 bits per heavy atom. The van der Waals surface area contributed by atoms with E-state index >= 15 is 0 Å². The normalized spacial score (nSPS) is 11.4. The summed E-state index contributed by atoms with van der Waals surface area (Å²) in [5.41, 5.74) is 1.06. The second kappa shape index (κ2) is 6.72. The van der Waals surface area contributed by atoms with Crippen LogP contribution in [0.1, 0.15) is 33.1 Å². The van der Waals surface area contributed by atoms with E-state index in [-0.39, 0.29) is 18.2 Å². The number of Topliss-reactive ketones (excluding diaryl/α,β-unsaturated/α-hetero) is 1. The summed E-state index contributed by atoms with van der Waals surface area (Å²) in [5, 5.41) is 16.1. The number of nitriles is 1. The van der Waals surface area contributed by atoms with E-state index in [9.17, 15) is 18.0 Å². The molecule has 0 atom stereocenters. The maximum Gasteiger partial charge on any atom is 0.416 e. The predicted molar refractivity (Wildman–Crippen MR) is 89.3 cm³/mol. The number of aromatic nitrogens is 4. The van der Waals surface area contributed by atoms with Gasteiger partial charge in [-0.15, -0.1) is 10.2 Å².